The minimum atomic E-state index is -0.552. The van der Waals surface area contributed by atoms with Crippen molar-refractivity contribution in [2.45, 2.75) is 43.5 Å². The predicted molar refractivity (Wildman–Crippen MR) is 183 cm³/mol. The zero-order valence-electron chi connectivity index (χ0n) is 26.0. The van der Waals surface area contributed by atoms with E-state index in [1.807, 2.05) is 78.9 Å². The zero-order chi connectivity index (χ0) is 32.3. The van der Waals surface area contributed by atoms with Gasteiger partial charge < -0.3 is 14.6 Å². The number of hydrogen-bond donors (Lipinski definition) is 1. The van der Waals surface area contributed by atoms with Crippen molar-refractivity contribution in [1.82, 2.24) is 4.90 Å². The van der Waals surface area contributed by atoms with E-state index < -0.39 is 6.29 Å². The molecule has 2 aliphatic rings. The number of ether oxygens (including phenoxy) is 2. The highest BCUT2D eigenvalue weighted by atomic mass is 32.2. The number of carbonyl (C=O) groups is 2. The number of benzene rings is 5. The van der Waals surface area contributed by atoms with Gasteiger partial charge in [0.25, 0.3) is 11.8 Å². The lowest BCUT2D eigenvalue weighted by molar-refractivity contribution is -0.268. The standard InChI is InChI=1S/C40H35NO5S/c1-26-36(25-47-33-10-3-2-4-11-33)45-40(46-37(26)30-16-14-27(24-42)15-17-30)31-20-18-29(19-21-31)32-9-7-8-28(22-32)23-41-38(43)34-12-5-6-13-35(34)39(41)44/h2-22,26,36-37,40,42H,23-25H2,1H3/t26-,36+,37+,40+/m0/s1. The van der Waals surface area contributed by atoms with Crippen molar-refractivity contribution >= 4 is 23.6 Å². The van der Waals surface area contributed by atoms with E-state index in [1.165, 1.54) is 9.80 Å². The van der Waals surface area contributed by atoms with Gasteiger partial charge in [0.05, 0.1) is 36.5 Å². The number of fused-ring (bicyclic) bond motifs is 1. The highest BCUT2D eigenvalue weighted by Gasteiger charge is 2.38. The minimum absolute atomic E-state index is 0.00145. The monoisotopic (exact) mass is 641 g/mol. The second-order valence-corrected chi connectivity index (χ2v) is 13.1. The van der Waals surface area contributed by atoms with Crippen molar-refractivity contribution in [3.05, 3.63) is 161 Å². The van der Waals surface area contributed by atoms with Crippen molar-refractivity contribution in [2.24, 2.45) is 5.92 Å². The molecule has 7 rings (SSSR count). The molecule has 1 saturated heterocycles. The summed E-state index contributed by atoms with van der Waals surface area (Å²) in [6.45, 7) is 2.39. The Hall–Kier alpha value is -4.53. The van der Waals surface area contributed by atoms with E-state index in [-0.39, 0.29) is 43.1 Å². The van der Waals surface area contributed by atoms with Crippen LogP contribution in [-0.2, 0) is 22.6 Å². The molecule has 0 spiro atoms. The lowest BCUT2D eigenvalue weighted by Crippen LogP contribution is -2.38. The Bertz CT molecular complexity index is 1840. The number of thioether (sulfide) groups is 1. The molecular weight excluding hydrogens is 607 g/mol. The number of rotatable bonds is 9. The SMILES string of the molecule is C[C@H]1[C@@H](CSc2ccccc2)O[C@@H](c2ccc(-c3cccc(CN4C(=O)c5ccccc5C4=O)c3)cc2)O[C@H]1c1ccc(CO)cc1. The first kappa shape index (κ1) is 31.1. The molecule has 0 unspecified atom stereocenters. The van der Waals surface area contributed by atoms with Crippen LogP contribution in [-0.4, -0.2) is 33.7 Å². The van der Waals surface area contributed by atoms with Crippen molar-refractivity contribution < 1.29 is 24.2 Å². The highest BCUT2D eigenvalue weighted by Crippen LogP contribution is 2.43. The van der Waals surface area contributed by atoms with Gasteiger partial charge in [-0.25, -0.2) is 0 Å². The Morgan fingerprint density at radius 1 is 0.681 bits per heavy atom. The van der Waals surface area contributed by atoms with Crippen LogP contribution in [0.2, 0.25) is 0 Å². The fourth-order valence-electron chi connectivity index (χ4n) is 6.25. The molecule has 0 radical (unpaired) electrons. The van der Waals surface area contributed by atoms with Crippen molar-refractivity contribution in [3.63, 3.8) is 0 Å². The number of aliphatic hydroxyl groups is 1. The highest BCUT2D eigenvalue weighted by molar-refractivity contribution is 7.99. The molecule has 5 aromatic rings. The van der Waals surface area contributed by atoms with Crippen LogP contribution in [0.1, 0.15) is 62.3 Å². The van der Waals surface area contributed by atoms with Gasteiger partial charge >= 0.3 is 0 Å². The van der Waals surface area contributed by atoms with Crippen LogP contribution in [0.5, 0.6) is 0 Å². The first-order chi connectivity index (χ1) is 23.0. The summed E-state index contributed by atoms with van der Waals surface area (Å²) in [5.41, 5.74) is 6.64. The Morgan fingerprint density at radius 2 is 1.34 bits per heavy atom. The fraction of sp³-hybridized carbons (Fsp3) is 0.200. The average molecular weight is 642 g/mol. The molecule has 2 amide bonds. The van der Waals surface area contributed by atoms with Crippen LogP contribution in [0, 0.1) is 5.92 Å². The number of imide groups is 1. The Kier molecular flexibility index (Phi) is 9.05. The molecule has 5 aromatic carbocycles. The summed E-state index contributed by atoms with van der Waals surface area (Å²) in [5.74, 6) is 0.371. The molecule has 47 heavy (non-hydrogen) atoms. The Balaban J connectivity index is 1.10. The van der Waals surface area contributed by atoms with Crippen molar-refractivity contribution in [3.8, 4) is 11.1 Å². The minimum Gasteiger partial charge on any atom is -0.392 e. The summed E-state index contributed by atoms with van der Waals surface area (Å²) in [4.78, 5) is 28.4. The van der Waals surface area contributed by atoms with Gasteiger partial charge in [0, 0.05) is 22.1 Å². The third-order valence-corrected chi connectivity index (χ3v) is 10.0. The van der Waals surface area contributed by atoms with Gasteiger partial charge in [0.1, 0.15) is 0 Å². The second kappa shape index (κ2) is 13.7. The molecular formula is C40H35NO5S. The van der Waals surface area contributed by atoms with Crippen LogP contribution < -0.4 is 0 Å². The van der Waals surface area contributed by atoms with Gasteiger partial charge in [-0.1, -0.05) is 104 Å². The molecule has 2 aliphatic heterocycles. The number of nitrogens with zero attached hydrogens (tertiary/aromatic N) is 1. The molecule has 0 aromatic heterocycles. The lowest BCUT2D eigenvalue weighted by atomic mass is 9.91. The Morgan fingerprint density at radius 3 is 2.02 bits per heavy atom. The molecule has 7 heteroatoms. The van der Waals surface area contributed by atoms with Gasteiger partial charge in [-0.05, 0) is 58.1 Å². The van der Waals surface area contributed by atoms with E-state index in [0.29, 0.717) is 11.1 Å². The summed E-state index contributed by atoms with van der Waals surface area (Å²) in [6.07, 6.45) is -0.786. The molecule has 236 valence electrons. The molecule has 6 nitrogen and oxygen atoms in total. The fourth-order valence-corrected chi connectivity index (χ4v) is 7.34. The maximum absolute atomic E-state index is 12.9. The van der Waals surface area contributed by atoms with Crippen LogP contribution >= 0.6 is 11.8 Å². The smallest absolute Gasteiger partial charge is 0.261 e. The molecule has 1 fully saturated rings. The largest absolute Gasteiger partial charge is 0.392 e. The summed E-state index contributed by atoms with van der Waals surface area (Å²) in [6, 6.07) is 41.4. The quantitative estimate of drug-likeness (QED) is 0.129. The summed E-state index contributed by atoms with van der Waals surface area (Å²) >= 11 is 1.78. The first-order valence-corrected chi connectivity index (χ1v) is 16.8. The van der Waals surface area contributed by atoms with E-state index in [9.17, 15) is 14.7 Å². The maximum Gasteiger partial charge on any atom is 0.261 e. The third kappa shape index (κ3) is 6.53. The molecule has 0 bridgehead atoms. The van der Waals surface area contributed by atoms with E-state index in [2.05, 4.69) is 31.2 Å². The summed E-state index contributed by atoms with van der Waals surface area (Å²) < 4.78 is 13.3. The molecule has 0 saturated carbocycles. The van der Waals surface area contributed by atoms with Gasteiger partial charge in [0.2, 0.25) is 0 Å². The summed E-state index contributed by atoms with van der Waals surface area (Å²) in [5, 5.41) is 9.56. The number of amides is 2. The van der Waals surface area contributed by atoms with E-state index in [4.69, 9.17) is 9.47 Å². The molecule has 2 heterocycles. The summed E-state index contributed by atoms with van der Waals surface area (Å²) in [7, 11) is 0. The van der Waals surface area contributed by atoms with Crippen LogP contribution in [0.25, 0.3) is 11.1 Å². The lowest BCUT2D eigenvalue weighted by Gasteiger charge is -2.41. The van der Waals surface area contributed by atoms with Crippen molar-refractivity contribution in [2.75, 3.05) is 5.75 Å². The van der Waals surface area contributed by atoms with Crippen LogP contribution in [0.15, 0.2) is 132 Å². The van der Waals surface area contributed by atoms with Crippen LogP contribution in [0.4, 0.5) is 0 Å². The van der Waals surface area contributed by atoms with Crippen molar-refractivity contribution in [1.29, 1.82) is 0 Å². The van der Waals surface area contributed by atoms with Crippen LogP contribution in [0.3, 0.4) is 0 Å². The zero-order valence-corrected chi connectivity index (χ0v) is 26.8. The van der Waals surface area contributed by atoms with Gasteiger partial charge in [-0.15, -0.1) is 11.8 Å². The average Bonchev–Trinajstić information content (AvgIpc) is 3.36. The topological polar surface area (TPSA) is 76.1 Å². The number of carbonyl (C=O) groups excluding carboxylic acids is 2. The van der Waals surface area contributed by atoms with Gasteiger partial charge in [0.15, 0.2) is 6.29 Å². The second-order valence-electron chi connectivity index (χ2n) is 12.0. The normalized spacial score (nSPS) is 20.8. The maximum atomic E-state index is 12.9. The Labute approximate surface area is 279 Å². The number of hydrogen-bond acceptors (Lipinski definition) is 6. The number of aliphatic hydroxyl groups excluding tert-OH is 1. The predicted octanol–water partition coefficient (Wildman–Crippen LogP) is 8.23. The van der Waals surface area contributed by atoms with Gasteiger partial charge in [-0.3, -0.25) is 14.5 Å². The van der Waals surface area contributed by atoms with Gasteiger partial charge in [-0.2, -0.15) is 0 Å². The first-order valence-electron chi connectivity index (χ1n) is 15.8. The molecule has 1 N–H and O–H groups in total. The third-order valence-electron chi connectivity index (χ3n) is 8.94. The molecule has 0 aliphatic carbocycles. The molecule has 4 atom stereocenters. The van der Waals surface area contributed by atoms with E-state index in [1.54, 1.807) is 36.0 Å². The van der Waals surface area contributed by atoms with E-state index >= 15 is 0 Å². The van der Waals surface area contributed by atoms with E-state index in [0.717, 1.165) is 39.1 Å².